The number of sulfone groups is 1. The number of aromatic nitrogens is 4. The molecule has 9 heteroatoms. The Labute approximate surface area is 102 Å². The Bertz CT molecular complexity index is 690. The first-order chi connectivity index (χ1) is 8.38. The van der Waals surface area contributed by atoms with E-state index >= 15 is 0 Å². The lowest BCUT2D eigenvalue weighted by atomic mass is 10.4. The molecule has 8 nitrogen and oxygen atoms in total. The molecule has 94 valence electrons. The third-order valence-electron chi connectivity index (χ3n) is 2.09. The Hall–Kier alpha value is -2.29. The molecule has 0 atom stereocenters. The smallest absolute Gasteiger partial charge is 0.356 e. The molecule has 0 saturated heterocycles. The molecule has 0 fully saturated rings. The molecule has 0 unspecified atom stereocenters. The summed E-state index contributed by atoms with van der Waals surface area (Å²) in [6.07, 6.45) is 3.52. The molecule has 0 aliphatic carbocycles. The van der Waals surface area contributed by atoms with Gasteiger partial charge in [0.1, 0.15) is 4.90 Å². The van der Waals surface area contributed by atoms with Crippen molar-refractivity contribution in [2.24, 2.45) is 0 Å². The van der Waals surface area contributed by atoms with Crippen molar-refractivity contribution in [3.8, 4) is 5.82 Å². The van der Waals surface area contributed by atoms with Crippen LogP contribution < -0.4 is 0 Å². The number of hydrogen-bond donors (Lipinski definition) is 1. The van der Waals surface area contributed by atoms with Crippen molar-refractivity contribution in [3.05, 3.63) is 30.2 Å². The van der Waals surface area contributed by atoms with Crippen LogP contribution in [0.25, 0.3) is 5.82 Å². The van der Waals surface area contributed by atoms with Crippen LogP contribution in [0.1, 0.15) is 10.5 Å². The Kier molecular flexibility index (Phi) is 2.83. The van der Waals surface area contributed by atoms with Crippen molar-refractivity contribution < 1.29 is 18.3 Å². The summed E-state index contributed by atoms with van der Waals surface area (Å²) >= 11 is 0. The lowest BCUT2D eigenvalue weighted by molar-refractivity contribution is 0.0689. The molecule has 0 aliphatic heterocycles. The molecule has 2 heterocycles. The summed E-state index contributed by atoms with van der Waals surface area (Å²) in [5.74, 6) is -0.957. The van der Waals surface area contributed by atoms with Crippen molar-refractivity contribution >= 4 is 15.8 Å². The van der Waals surface area contributed by atoms with E-state index in [4.69, 9.17) is 5.11 Å². The van der Waals surface area contributed by atoms with Crippen LogP contribution in [-0.4, -0.2) is 45.7 Å². The number of hydrogen-bond acceptors (Lipinski definition) is 6. The highest BCUT2D eigenvalue weighted by Gasteiger charge is 2.12. The van der Waals surface area contributed by atoms with Gasteiger partial charge >= 0.3 is 5.97 Å². The predicted molar refractivity (Wildman–Crippen MR) is 59.2 cm³/mol. The van der Waals surface area contributed by atoms with Gasteiger partial charge in [-0.05, 0) is 12.1 Å². The van der Waals surface area contributed by atoms with Gasteiger partial charge in [-0.3, -0.25) is 0 Å². The number of carboxylic acids is 1. The monoisotopic (exact) mass is 268 g/mol. The molecule has 2 rings (SSSR count). The molecule has 0 radical (unpaired) electrons. The van der Waals surface area contributed by atoms with E-state index in [2.05, 4.69) is 15.3 Å². The van der Waals surface area contributed by atoms with Crippen LogP contribution >= 0.6 is 0 Å². The lowest BCUT2D eigenvalue weighted by Gasteiger charge is -1.98. The SMILES string of the molecule is CS(=O)(=O)c1cnn(-c2ccc(C(=O)O)nn2)c1. The first-order valence-corrected chi connectivity index (χ1v) is 6.59. The number of aromatic carboxylic acids is 1. The van der Waals surface area contributed by atoms with E-state index in [0.29, 0.717) is 0 Å². The van der Waals surface area contributed by atoms with Gasteiger partial charge in [0.05, 0.1) is 12.4 Å². The zero-order valence-electron chi connectivity index (χ0n) is 9.18. The van der Waals surface area contributed by atoms with Gasteiger partial charge in [0, 0.05) is 6.26 Å². The number of carbonyl (C=O) groups is 1. The van der Waals surface area contributed by atoms with Gasteiger partial charge in [0.2, 0.25) is 0 Å². The molecule has 0 aliphatic rings. The zero-order valence-corrected chi connectivity index (χ0v) is 9.99. The average Bonchev–Trinajstić information content (AvgIpc) is 2.78. The third-order valence-corrected chi connectivity index (χ3v) is 3.16. The summed E-state index contributed by atoms with van der Waals surface area (Å²) in [4.78, 5) is 10.6. The number of carboxylic acid groups (broad SMARTS) is 1. The van der Waals surface area contributed by atoms with Gasteiger partial charge in [-0.15, -0.1) is 10.2 Å². The highest BCUT2D eigenvalue weighted by Crippen LogP contribution is 2.10. The van der Waals surface area contributed by atoms with Crippen LogP contribution in [0.5, 0.6) is 0 Å². The summed E-state index contributed by atoms with van der Waals surface area (Å²) in [7, 11) is -3.34. The Morgan fingerprint density at radius 3 is 2.50 bits per heavy atom. The topological polar surface area (TPSA) is 115 Å². The molecule has 18 heavy (non-hydrogen) atoms. The second-order valence-corrected chi connectivity index (χ2v) is 5.49. The van der Waals surface area contributed by atoms with Crippen LogP contribution in [0.4, 0.5) is 0 Å². The molecule has 0 aromatic carbocycles. The minimum atomic E-state index is -3.34. The predicted octanol–water partition coefficient (Wildman–Crippen LogP) is -0.236. The summed E-state index contributed by atoms with van der Waals surface area (Å²) in [6, 6.07) is 2.64. The van der Waals surface area contributed by atoms with Crippen molar-refractivity contribution in [2.75, 3.05) is 6.26 Å². The minimum Gasteiger partial charge on any atom is -0.476 e. The minimum absolute atomic E-state index is 0.0478. The largest absolute Gasteiger partial charge is 0.476 e. The fourth-order valence-electron chi connectivity index (χ4n) is 1.18. The average molecular weight is 268 g/mol. The maximum Gasteiger partial charge on any atom is 0.356 e. The fraction of sp³-hybridized carbons (Fsp3) is 0.111. The van der Waals surface area contributed by atoms with Crippen molar-refractivity contribution in [1.29, 1.82) is 0 Å². The molecule has 2 aromatic heterocycles. The van der Waals surface area contributed by atoms with Crippen LogP contribution in [-0.2, 0) is 9.84 Å². The van der Waals surface area contributed by atoms with Crippen LogP contribution in [0.2, 0.25) is 0 Å². The van der Waals surface area contributed by atoms with E-state index in [1.165, 1.54) is 29.2 Å². The summed E-state index contributed by atoms with van der Waals surface area (Å²) in [6.45, 7) is 0. The van der Waals surface area contributed by atoms with Crippen molar-refractivity contribution in [3.63, 3.8) is 0 Å². The van der Waals surface area contributed by atoms with Gasteiger partial charge in [0.15, 0.2) is 21.3 Å². The molecule has 1 N–H and O–H groups in total. The van der Waals surface area contributed by atoms with Gasteiger partial charge in [-0.1, -0.05) is 0 Å². The van der Waals surface area contributed by atoms with Gasteiger partial charge in [-0.25, -0.2) is 17.9 Å². The Morgan fingerprint density at radius 2 is 2.06 bits per heavy atom. The van der Waals surface area contributed by atoms with E-state index in [0.717, 1.165) is 6.26 Å². The van der Waals surface area contributed by atoms with E-state index in [-0.39, 0.29) is 16.4 Å². The highest BCUT2D eigenvalue weighted by atomic mass is 32.2. The zero-order chi connectivity index (χ0) is 13.3. The molecular weight excluding hydrogens is 260 g/mol. The van der Waals surface area contributed by atoms with Crippen LogP contribution in [0.15, 0.2) is 29.4 Å². The quantitative estimate of drug-likeness (QED) is 0.816. The number of nitrogens with zero attached hydrogens (tertiary/aromatic N) is 4. The lowest BCUT2D eigenvalue weighted by Crippen LogP contribution is -2.05. The summed E-state index contributed by atoms with van der Waals surface area (Å²) in [5.41, 5.74) is -0.200. The summed E-state index contributed by atoms with van der Waals surface area (Å²) < 4.78 is 23.7. The van der Waals surface area contributed by atoms with E-state index < -0.39 is 15.8 Å². The molecule has 2 aromatic rings. The van der Waals surface area contributed by atoms with E-state index in [9.17, 15) is 13.2 Å². The summed E-state index contributed by atoms with van der Waals surface area (Å²) in [5, 5.41) is 19.6. The first-order valence-electron chi connectivity index (χ1n) is 4.70. The number of rotatable bonds is 3. The first kappa shape index (κ1) is 12.2. The molecule has 0 saturated carbocycles. The second-order valence-electron chi connectivity index (χ2n) is 3.47. The van der Waals surface area contributed by atoms with Gasteiger partial charge in [0.25, 0.3) is 0 Å². The standard InChI is InChI=1S/C9H8N4O4S/c1-18(16,17)6-4-10-13(5-6)8-3-2-7(9(14)15)11-12-8/h2-5H,1H3,(H,14,15). The highest BCUT2D eigenvalue weighted by molar-refractivity contribution is 7.90. The molecular formula is C9H8N4O4S. The molecule has 0 bridgehead atoms. The van der Waals surface area contributed by atoms with E-state index in [1.807, 2.05) is 0 Å². The van der Waals surface area contributed by atoms with E-state index in [1.54, 1.807) is 0 Å². The maximum absolute atomic E-state index is 11.3. The molecule has 0 amide bonds. The van der Waals surface area contributed by atoms with Crippen molar-refractivity contribution in [2.45, 2.75) is 4.90 Å². The van der Waals surface area contributed by atoms with Gasteiger partial charge < -0.3 is 5.11 Å². The molecule has 0 spiro atoms. The normalized spacial score (nSPS) is 11.4. The Morgan fingerprint density at radius 1 is 1.33 bits per heavy atom. The maximum atomic E-state index is 11.3. The fourth-order valence-corrected chi connectivity index (χ4v) is 1.71. The van der Waals surface area contributed by atoms with Gasteiger partial charge in [-0.2, -0.15) is 5.10 Å². The Balaban J connectivity index is 2.38. The van der Waals surface area contributed by atoms with Crippen molar-refractivity contribution in [1.82, 2.24) is 20.0 Å². The van der Waals surface area contributed by atoms with Crippen LogP contribution in [0.3, 0.4) is 0 Å². The van der Waals surface area contributed by atoms with Crippen LogP contribution in [0, 0.1) is 0 Å². The second kappa shape index (κ2) is 4.18. The third kappa shape index (κ3) is 2.35.